The third-order valence-electron chi connectivity index (χ3n) is 4.75. The number of nitrogens with zero attached hydrogens (tertiary/aromatic N) is 1. The lowest BCUT2D eigenvalue weighted by Crippen LogP contribution is -2.17. The van der Waals surface area contributed by atoms with Gasteiger partial charge in [0, 0.05) is 17.9 Å². The minimum atomic E-state index is 0.0961. The van der Waals surface area contributed by atoms with Gasteiger partial charge in [-0.25, -0.2) is 0 Å². The fourth-order valence-electron chi connectivity index (χ4n) is 3.52. The van der Waals surface area contributed by atoms with E-state index >= 15 is 0 Å². The number of aliphatic hydroxyl groups excluding tert-OH is 1. The Morgan fingerprint density at radius 3 is 2.25 bits per heavy atom. The third-order valence-corrected chi connectivity index (χ3v) is 4.75. The molecule has 0 radical (unpaired) electrons. The third kappa shape index (κ3) is 2.81. The van der Waals surface area contributed by atoms with E-state index in [-0.39, 0.29) is 6.61 Å². The van der Waals surface area contributed by atoms with Crippen LogP contribution in [-0.2, 0) is 26.0 Å². The summed E-state index contributed by atoms with van der Waals surface area (Å²) in [7, 11) is 0. The summed E-state index contributed by atoms with van der Waals surface area (Å²) in [5, 5.41) is 9.47. The number of aliphatic hydroxyl groups is 1. The minimum Gasteiger partial charge on any atom is -0.392 e. The molecule has 24 heavy (non-hydrogen) atoms. The van der Waals surface area contributed by atoms with Gasteiger partial charge in [-0.2, -0.15) is 0 Å². The van der Waals surface area contributed by atoms with Gasteiger partial charge in [0.2, 0.25) is 0 Å². The Labute approximate surface area is 143 Å². The van der Waals surface area contributed by atoms with Crippen molar-refractivity contribution in [3.63, 3.8) is 0 Å². The molecule has 1 N–H and O–H groups in total. The smallest absolute Gasteiger partial charge is 0.0681 e. The topological polar surface area (TPSA) is 23.5 Å². The lowest BCUT2D eigenvalue weighted by molar-refractivity contribution is 0.281. The fraction of sp³-hybridized carbons (Fsp3) is 0.182. The van der Waals surface area contributed by atoms with Gasteiger partial charge in [-0.1, -0.05) is 60.7 Å². The standard InChI is InChI=1S/C22H21NO/c24-16-18-10-13-22-20(14-18)12-11-19-8-4-5-9-21(19)23(22)15-17-6-2-1-3-7-17/h1-10,13-14,24H,11-12,15-16H2. The summed E-state index contributed by atoms with van der Waals surface area (Å²) in [6.07, 6.45) is 2.04. The molecule has 0 bridgehead atoms. The van der Waals surface area contributed by atoms with Crippen LogP contribution in [0.3, 0.4) is 0 Å². The van der Waals surface area contributed by atoms with Crippen LogP contribution in [0, 0.1) is 0 Å². The largest absolute Gasteiger partial charge is 0.392 e. The Morgan fingerprint density at radius 1 is 0.708 bits per heavy atom. The van der Waals surface area contributed by atoms with E-state index in [0.717, 1.165) is 24.9 Å². The Bertz CT molecular complexity index is 842. The molecule has 0 saturated carbocycles. The van der Waals surface area contributed by atoms with Crippen molar-refractivity contribution in [2.24, 2.45) is 0 Å². The Balaban J connectivity index is 1.83. The van der Waals surface area contributed by atoms with E-state index in [1.54, 1.807) is 0 Å². The lowest BCUT2D eigenvalue weighted by atomic mass is 10.0. The highest BCUT2D eigenvalue weighted by Gasteiger charge is 2.20. The predicted molar refractivity (Wildman–Crippen MR) is 98.5 cm³/mol. The summed E-state index contributed by atoms with van der Waals surface area (Å²) in [5.41, 5.74) is 7.52. The molecular formula is C22H21NO. The van der Waals surface area contributed by atoms with Gasteiger partial charge < -0.3 is 10.0 Å². The molecule has 0 aliphatic carbocycles. The number of fused-ring (bicyclic) bond motifs is 2. The van der Waals surface area contributed by atoms with Crippen LogP contribution in [0.25, 0.3) is 0 Å². The maximum absolute atomic E-state index is 9.47. The zero-order chi connectivity index (χ0) is 16.4. The van der Waals surface area contributed by atoms with Crippen molar-refractivity contribution in [2.45, 2.75) is 26.0 Å². The van der Waals surface area contributed by atoms with Crippen LogP contribution in [-0.4, -0.2) is 5.11 Å². The molecule has 2 nitrogen and oxygen atoms in total. The van der Waals surface area contributed by atoms with Crippen molar-refractivity contribution in [1.29, 1.82) is 0 Å². The number of para-hydroxylation sites is 1. The van der Waals surface area contributed by atoms with Crippen LogP contribution in [0.1, 0.15) is 22.3 Å². The zero-order valence-corrected chi connectivity index (χ0v) is 13.7. The van der Waals surface area contributed by atoms with Gasteiger partial charge in [-0.3, -0.25) is 0 Å². The predicted octanol–water partition coefficient (Wildman–Crippen LogP) is 4.62. The van der Waals surface area contributed by atoms with Crippen LogP contribution in [0.15, 0.2) is 72.8 Å². The highest BCUT2D eigenvalue weighted by atomic mass is 16.3. The van der Waals surface area contributed by atoms with Crippen molar-refractivity contribution in [3.8, 4) is 0 Å². The Kier molecular flexibility index (Phi) is 4.06. The summed E-state index contributed by atoms with van der Waals surface area (Å²) < 4.78 is 0. The van der Waals surface area contributed by atoms with Gasteiger partial charge in [0.15, 0.2) is 0 Å². The monoisotopic (exact) mass is 315 g/mol. The minimum absolute atomic E-state index is 0.0961. The molecule has 3 aromatic carbocycles. The van der Waals surface area contributed by atoms with Gasteiger partial charge >= 0.3 is 0 Å². The summed E-state index contributed by atoms with van der Waals surface area (Å²) in [6, 6.07) is 25.6. The number of hydrogen-bond acceptors (Lipinski definition) is 2. The molecule has 0 spiro atoms. The number of benzene rings is 3. The molecule has 0 atom stereocenters. The van der Waals surface area contributed by atoms with Crippen molar-refractivity contribution < 1.29 is 5.11 Å². The molecule has 1 aliphatic rings. The molecule has 120 valence electrons. The van der Waals surface area contributed by atoms with Crippen molar-refractivity contribution >= 4 is 11.4 Å². The quantitative estimate of drug-likeness (QED) is 0.762. The van der Waals surface area contributed by atoms with E-state index in [9.17, 15) is 5.11 Å². The van der Waals surface area contributed by atoms with E-state index < -0.39 is 0 Å². The molecular weight excluding hydrogens is 294 g/mol. The first kappa shape index (κ1) is 15.0. The molecule has 0 unspecified atom stereocenters. The maximum Gasteiger partial charge on any atom is 0.0681 e. The highest BCUT2D eigenvalue weighted by Crippen LogP contribution is 2.37. The van der Waals surface area contributed by atoms with Crippen molar-refractivity contribution in [3.05, 3.63) is 95.1 Å². The van der Waals surface area contributed by atoms with Crippen LogP contribution >= 0.6 is 0 Å². The molecule has 1 heterocycles. The number of aryl methyl sites for hydroxylation is 2. The van der Waals surface area contributed by atoms with E-state index in [1.807, 2.05) is 6.07 Å². The first-order valence-corrected chi connectivity index (χ1v) is 8.47. The molecule has 0 aromatic heterocycles. The van der Waals surface area contributed by atoms with Gasteiger partial charge in [-0.05, 0) is 47.2 Å². The lowest BCUT2D eigenvalue weighted by Gasteiger charge is -2.27. The van der Waals surface area contributed by atoms with Gasteiger partial charge in [0.05, 0.1) is 6.61 Å². The average molecular weight is 315 g/mol. The van der Waals surface area contributed by atoms with E-state index in [0.29, 0.717) is 0 Å². The van der Waals surface area contributed by atoms with E-state index in [4.69, 9.17) is 0 Å². The van der Waals surface area contributed by atoms with E-state index in [2.05, 4.69) is 71.6 Å². The van der Waals surface area contributed by atoms with Crippen LogP contribution < -0.4 is 4.90 Å². The van der Waals surface area contributed by atoms with Gasteiger partial charge in [-0.15, -0.1) is 0 Å². The summed E-state index contributed by atoms with van der Waals surface area (Å²) in [5.74, 6) is 0. The maximum atomic E-state index is 9.47. The number of rotatable bonds is 3. The zero-order valence-electron chi connectivity index (χ0n) is 13.7. The normalized spacial score (nSPS) is 13.1. The average Bonchev–Trinajstić information content (AvgIpc) is 2.80. The SMILES string of the molecule is OCc1ccc2c(c1)CCc1ccccc1N2Cc1ccccc1. The second-order valence-corrected chi connectivity index (χ2v) is 6.32. The summed E-state index contributed by atoms with van der Waals surface area (Å²) in [4.78, 5) is 2.41. The van der Waals surface area contributed by atoms with Crippen molar-refractivity contribution in [2.75, 3.05) is 4.90 Å². The second-order valence-electron chi connectivity index (χ2n) is 6.32. The fourth-order valence-corrected chi connectivity index (χ4v) is 3.52. The van der Waals surface area contributed by atoms with Gasteiger partial charge in [0.25, 0.3) is 0 Å². The van der Waals surface area contributed by atoms with Crippen molar-refractivity contribution in [1.82, 2.24) is 0 Å². The van der Waals surface area contributed by atoms with Crippen LogP contribution in [0.5, 0.6) is 0 Å². The second kappa shape index (κ2) is 6.50. The Morgan fingerprint density at radius 2 is 1.42 bits per heavy atom. The first-order valence-electron chi connectivity index (χ1n) is 8.47. The molecule has 3 aromatic rings. The summed E-state index contributed by atoms with van der Waals surface area (Å²) >= 11 is 0. The summed E-state index contributed by atoms with van der Waals surface area (Å²) in [6.45, 7) is 0.947. The first-order chi connectivity index (χ1) is 11.8. The number of hydrogen-bond donors (Lipinski definition) is 1. The van der Waals surface area contributed by atoms with Crippen LogP contribution in [0.2, 0.25) is 0 Å². The highest BCUT2D eigenvalue weighted by molar-refractivity contribution is 5.71. The molecule has 1 aliphatic heterocycles. The molecule has 0 fully saturated rings. The molecule has 0 amide bonds. The molecule has 4 rings (SSSR count). The molecule has 2 heteroatoms. The van der Waals surface area contributed by atoms with E-state index in [1.165, 1.54) is 28.1 Å². The van der Waals surface area contributed by atoms with Gasteiger partial charge in [0.1, 0.15) is 0 Å². The Hall–Kier alpha value is -2.58. The molecule has 0 saturated heterocycles. The number of anilines is 2. The van der Waals surface area contributed by atoms with Crippen LogP contribution in [0.4, 0.5) is 11.4 Å².